The topological polar surface area (TPSA) is 75.3 Å². The number of Topliss-reactive ketones (excluding diaryl/α,β-unsaturated/α-hetero) is 1. The summed E-state index contributed by atoms with van der Waals surface area (Å²) in [6, 6.07) is -1.04. The summed E-state index contributed by atoms with van der Waals surface area (Å²) in [7, 11) is 0. The third-order valence-corrected chi connectivity index (χ3v) is 3.35. The lowest BCUT2D eigenvalue weighted by atomic mass is 10.0. The quantitative estimate of drug-likeness (QED) is 0.588. The molecule has 0 radical (unpaired) electrons. The zero-order valence-electron chi connectivity index (χ0n) is 12.1. The number of hydrogen-bond donors (Lipinski definition) is 2. The summed E-state index contributed by atoms with van der Waals surface area (Å²) in [5.74, 6) is 0.741. The van der Waals surface area contributed by atoms with Crippen LogP contribution in [0.1, 0.15) is 33.6 Å². The molecular weight excluding hydrogens is 264 g/mol. The fraction of sp³-hybridized carbons (Fsp3) is 0.769. The van der Waals surface area contributed by atoms with E-state index in [4.69, 9.17) is 0 Å². The Kier molecular flexibility index (Phi) is 9.30. The minimum Gasteiger partial charge on any atom is -0.347 e. The van der Waals surface area contributed by atoms with Gasteiger partial charge in [0.15, 0.2) is 5.78 Å². The Hall–Kier alpha value is -1.04. The van der Waals surface area contributed by atoms with E-state index in [9.17, 15) is 14.4 Å². The molecule has 0 saturated heterocycles. The highest BCUT2D eigenvalue weighted by Gasteiger charge is 2.23. The Morgan fingerprint density at radius 1 is 1.26 bits per heavy atom. The molecule has 0 aliphatic heterocycles. The van der Waals surface area contributed by atoms with Crippen LogP contribution in [0.15, 0.2) is 0 Å². The SMILES string of the molecule is CSCCC(NC=O)C(=O)NC(CC(C)C)C(C)=O. The van der Waals surface area contributed by atoms with E-state index in [1.54, 1.807) is 11.8 Å². The van der Waals surface area contributed by atoms with Crippen molar-refractivity contribution in [3.63, 3.8) is 0 Å². The maximum atomic E-state index is 12.0. The molecule has 2 N–H and O–H groups in total. The normalized spacial score (nSPS) is 13.7. The molecule has 2 unspecified atom stereocenters. The number of nitrogens with one attached hydrogen (secondary N) is 2. The second-order valence-electron chi connectivity index (χ2n) is 4.92. The number of rotatable bonds is 10. The maximum Gasteiger partial charge on any atom is 0.243 e. The molecule has 0 spiro atoms. The molecule has 0 aliphatic rings. The van der Waals surface area contributed by atoms with Gasteiger partial charge in [0.25, 0.3) is 0 Å². The molecule has 5 nitrogen and oxygen atoms in total. The van der Waals surface area contributed by atoms with Gasteiger partial charge < -0.3 is 10.6 Å². The minimum absolute atomic E-state index is 0.0585. The van der Waals surface area contributed by atoms with Gasteiger partial charge in [-0.25, -0.2) is 0 Å². The summed E-state index contributed by atoms with van der Waals surface area (Å²) in [6.07, 6.45) is 3.62. The van der Waals surface area contributed by atoms with E-state index >= 15 is 0 Å². The maximum absolute atomic E-state index is 12.0. The number of carbonyl (C=O) groups is 3. The van der Waals surface area contributed by atoms with Crippen LogP contribution in [0.4, 0.5) is 0 Å². The van der Waals surface area contributed by atoms with Crippen LogP contribution in [0.2, 0.25) is 0 Å². The first-order valence-corrected chi connectivity index (χ1v) is 7.81. The highest BCUT2D eigenvalue weighted by molar-refractivity contribution is 7.98. The Labute approximate surface area is 119 Å². The van der Waals surface area contributed by atoms with Gasteiger partial charge in [-0.1, -0.05) is 13.8 Å². The van der Waals surface area contributed by atoms with Gasteiger partial charge in [-0.05, 0) is 37.7 Å². The number of thioether (sulfide) groups is 1. The van der Waals surface area contributed by atoms with Crippen molar-refractivity contribution in [3.8, 4) is 0 Å². The number of amides is 2. The molecule has 0 saturated carbocycles. The Bertz CT molecular complexity index is 308. The second-order valence-corrected chi connectivity index (χ2v) is 5.91. The van der Waals surface area contributed by atoms with Crippen LogP contribution < -0.4 is 10.6 Å². The van der Waals surface area contributed by atoms with Crippen molar-refractivity contribution in [3.05, 3.63) is 0 Å². The van der Waals surface area contributed by atoms with Gasteiger partial charge in [-0.3, -0.25) is 14.4 Å². The Balaban J connectivity index is 4.55. The van der Waals surface area contributed by atoms with Crippen molar-refractivity contribution in [1.29, 1.82) is 0 Å². The Morgan fingerprint density at radius 2 is 1.89 bits per heavy atom. The van der Waals surface area contributed by atoms with E-state index in [1.807, 2.05) is 20.1 Å². The molecule has 0 heterocycles. The predicted octanol–water partition coefficient (Wildman–Crippen LogP) is 0.974. The lowest BCUT2D eigenvalue weighted by molar-refractivity contribution is -0.129. The minimum atomic E-state index is -0.570. The lowest BCUT2D eigenvalue weighted by Crippen LogP contribution is -2.50. The molecule has 0 fully saturated rings. The summed E-state index contributed by atoms with van der Waals surface area (Å²) < 4.78 is 0. The molecule has 0 aromatic rings. The van der Waals surface area contributed by atoms with Gasteiger partial charge in [0.2, 0.25) is 12.3 Å². The van der Waals surface area contributed by atoms with Gasteiger partial charge in [0.1, 0.15) is 6.04 Å². The van der Waals surface area contributed by atoms with Crippen LogP contribution >= 0.6 is 11.8 Å². The number of carbonyl (C=O) groups excluding carboxylic acids is 3. The zero-order valence-corrected chi connectivity index (χ0v) is 12.9. The molecular formula is C13H24N2O3S. The van der Waals surface area contributed by atoms with Gasteiger partial charge >= 0.3 is 0 Å². The summed E-state index contributed by atoms with van der Waals surface area (Å²) in [6.45, 7) is 5.46. The molecule has 0 aromatic heterocycles. The van der Waals surface area contributed by atoms with Crippen LogP contribution in [0, 0.1) is 5.92 Å². The summed E-state index contributed by atoms with van der Waals surface area (Å²) in [4.78, 5) is 34.1. The fourth-order valence-corrected chi connectivity index (χ4v) is 2.15. The van der Waals surface area contributed by atoms with Crippen molar-refractivity contribution in [2.45, 2.75) is 45.7 Å². The fourth-order valence-electron chi connectivity index (χ4n) is 1.68. The third-order valence-electron chi connectivity index (χ3n) is 2.71. The first kappa shape index (κ1) is 18.0. The summed E-state index contributed by atoms with van der Waals surface area (Å²) >= 11 is 1.61. The second kappa shape index (κ2) is 9.83. The molecule has 2 atom stereocenters. The Morgan fingerprint density at radius 3 is 2.32 bits per heavy atom. The highest BCUT2D eigenvalue weighted by atomic mass is 32.2. The van der Waals surface area contributed by atoms with Gasteiger partial charge in [-0.2, -0.15) is 11.8 Å². The van der Waals surface area contributed by atoms with E-state index in [0.717, 1.165) is 5.75 Å². The first-order valence-electron chi connectivity index (χ1n) is 6.41. The van der Waals surface area contributed by atoms with E-state index in [0.29, 0.717) is 25.2 Å². The van der Waals surface area contributed by atoms with Crippen LogP contribution in [0.25, 0.3) is 0 Å². The largest absolute Gasteiger partial charge is 0.347 e. The number of hydrogen-bond acceptors (Lipinski definition) is 4. The summed E-state index contributed by atoms with van der Waals surface area (Å²) in [5, 5.41) is 5.22. The zero-order chi connectivity index (χ0) is 14.8. The van der Waals surface area contributed by atoms with E-state index in [-0.39, 0.29) is 11.7 Å². The molecule has 2 amide bonds. The van der Waals surface area contributed by atoms with Crippen molar-refractivity contribution >= 4 is 29.9 Å². The summed E-state index contributed by atoms with van der Waals surface area (Å²) in [5.41, 5.74) is 0. The monoisotopic (exact) mass is 288 g/mol. The van der Waals surface area contributed by atoms with Crippen molar-refractivity contribution in [2.24, 2.45) is 5.92 Å². The van der Waals surface area contributed by atoms with Crippen LogP contribution in [-0.2, 0) is 14.4 Å². The van der Waals surface area contributed by atoms with E-state index in [1.165, 1.54) is 6.92 Å². The molecule has 0 aromatic carbocycles. The van der Waals surface area contributed by atoms with Gasteiger partial charge in [0, 0.05) is 0 Å². The number of ketones is 1. The predicted molar refractivity (Wildman–Crippen MR) is 78.1 cm³/mol. The molecule has 0 rings (SSSR count). The molecule has 0 aliphatic carbocycles. The molecule has 110 valence electrons. The standard InChI is InChI=1S/C13H24N2O3S/c1-9(2)7-12(10(3)17)15-13(18)11(14-8-16)5-6-19-4/h8-9,11-12H,5-7H2,1-4H3,(H,14,16)(H,15,18). The van der Waals surface area contributed by atoms with E-state index < -0.39 is 12.1 Å². The lowest BCUT2D eigenvalue weighted by Gasteiger charge is -2.21. The van der Waals surface area contributed by atoms with Crippen molar-refractivity contribution < 1.29 is 14.4 Å². The molecule has 19 heavy (non-hydrogen) atoms. The van der Waals surface area contributed by atoms with Crippen LogP contribution in [0.5, 0.6) is 0 Å². The van der Waals surface area contributed by atoms with Gasteiger partial charge in [-0.15, -0.1) is 0 Å². The average Bonchev–Trinajstić information content (AvgIpc) is 2.32. The average molecular weight is 288 g/mol. The third kappa shape index (κ3) is 7.87. The van der Waals surface area contributed by atoms with E-state index in [2.05, 4.69) is 10.6 Å². The van der Waals surface area contributed by atoms with Crippen molar-refractivity contribution in [2.75, 3.05) is 12.0 Å². The van der Waals surface area contributed by atoms with Crippen LogP contribution in [0.3, 0.4) is 0 Å². The van der Waals surface area contributed by atoms with Gasteiger partial charge in [0.05, 0.1) is 6.04 Å². The smallest absolute Gasteiger partial charge is 0.243 e. The molecule has 6 heteroatoms. The molecule has 0 bridgehead atoms. The van der Waals surface area contributed by atoms with Crippen LogP contribution in [-0.4, -0.2) is 42.2 Å². The highest BCUT2D eigenvalue weighted by Crippen LogP contribution is 2.07. The van der Waals surface area contributed by atoms with Crippen molar-refractivity contribution in [1.82, 2.24) is 10.6 Å². The first-order chi connectivity index (χ1) is 8.92.